The van der Waals surface area contributed by atoms with Crippen molar-refractivity contribution < 1.29 is 0 Å². The largest absolute Gasteiger partial charge is 0.335 e. The molecule has 0 radical (unpaired) electrons. The van der Waals surface area contributed by atoms with E-state index in [4.69, 9.17) is 5.26 Å². The van der Waals surface area contributed by atoms with Gasteiger partial charge in [-0.3, -0.25) is 0 Å². The summed E-state index contributed by atoms with van der Waals surface area (Å²) >= 11 is 0. The third kappa shape index (κ3) is 4.20. The van der Waals surface area contributed by atoms with Gasteiger partial charge >= 0.3 is 0 Å². The number of rotatable bonds is 7. The monoisotopic (exact) mass is 234 g/mol. The molecule has 0 aliphatic carbocycles. The molecule has 0 amide bonds. The van der Waals surface area contributed by atoms with Gasteiger partial charge in [0.15, 0.2) is 0 Å². The van der Waals surface area contributed by atoms with E-state index in [0.717, 1.165) is 31.8 Å². The number of nitrogens with one attached hydrogen (secondary N) is 1. The van der Waals surface area contributed by atoms with Crippen molar-refractivity contribution in [2.24, 2.45) is 0 Å². The van der Waals surface area contributed by atoms with Crippen LogP contribution in [0.25, 0.3) is 0 Å². The predicted octanol–water partition coefficient (Wildman–Crippen LogP) is 2.29. The summed E-state index contributed by atoms with van der Waals surface area (Å²) in [5.41, 5.74) is 0. The predicted molar refractivity (Wildman–Crippen MR) is 68.6 cm³/mol. The molecule has 1 aromatic rings. The van der Waals surface area contributed by atoms with Crippen molar-refractivity contribution in [2.75, 3.05) is 6.54 Å². The summed E-state index contributed by atoms with van der Waals surface area (Å²) in [4.78, 5) is 4.34. The molecule has 1 rings (SSSR count). The van der Waals surface area contributed by atoms with Gasteiger partial charge in [0.2, 0.25) is 0 Å². The molecule has 17 heavy (non-hydrogen) atoms. The first kappa shape index (κ1) is 13.7. The highest BCUT2D eigenvalue weighted by Gasteiger charge is 2.10. The molecule has 4 heteroatoms. The lowest BCUT2D eigenvalue weighted by Crippen LogP contribution is -2.29. The second kappa shape index (κ2) is 7.08. The Kier molecular flexibility index (Phi) is 5.71. The summed E-state index contributed by atoms with van der Waals surface area (Å²) in [6.45, 7) is 8.13. The summed E-state index contributed by atoms with van der Waals surface area (Å²) in [5, 5.41) is 12.3. The van der Waals surface area contributed by atoms with E-state index in [0.29, 0.717) is 5.92 Å². The van der Waals surface area contributed by atoms with Gasteiger partial charge in [0.05, 0.1) is 12.1 Å². The van der Waals surface area contributed by atoms with Crippen LogP contribution in [0.1, 0.15) is 45.4 Å². The zero-order valence-electron chi connectivity index (χ0n) is 11.0. The second-order valence-electron chi connectivity index (χ2n) is 4.56. The summed E-state index contributed by atoms with van der Waals surface area (Å²) in [6, 6.07) is 2.25. The molecule has 0 saturated carbocycles. The number of nitriles is 1. The number of hydrogen-bond donors (Lipinski definition) is 1. The fourth-order valence-corrected chi connectivity index (χ4v) is 1.81. The van der Waals surface area contributed by atoms with Gasteiger partial charge in [-0.1, -0.05) is 20.8 Å². The molecule has 0 aromatic carbocycles. The van der Waals surface area contributed by atoms with Gasteiger partial charge in [0.25, 0.3) is 0 Å². The summed E-state index contributed by atoms with van der Waals surface area (Å²) in [7, 11) is 0. The van der Waals surface area contributed by atoms with Crippen LogP contribution in [0, 0.1) is 11.3 Å². The van der Waals surface area contributed by atoms with E-state index in [9.17, 15) is 0 Å². The van der Waals surface area contributed by atoms with Crippen molar-refractivity contribution in [3.63, 3.8) is 0 Å². The maximum absolute atomic E-state index is 9.02. The number of aryl methyl sites for hydroxylation is 1. The average molecular weight is 234 g/mol. The molecule has 1 aromatic heterocycles. The highest BCUT2D eigenvalue weighted by atomic mass is 15.1. The first-order chi connectivity index (χ1) is 8.19. The number of imidazole rings is 1. The van der Waals surface area contributed by atoms with Crippen LogP contribution in [0.15, 0.2) is 12.4 Å². The molecular formula is C13H22N4. The smallest absolute Gasteiger partial charge is 0.111 e. The molecule has 94 valence electrons. The third-order valence-corrected chi connectivity index (χ3v) is 2.72. The fraction of sp³-hybridized carbons (Fsp3) is 0.692. The Morgan fingerprint density at radius 2 is 2.29 bits per heavy atom. The number of aromatic nitrogens is 2. The Balaban J connectivity index is 2.48. The minimum Gasteiger partial charge on any atom is -0.335 e. The van der Waals surface area contributed by atoms with Crippen LogP contribution in [0.4, 0.5) is 0 Å². The van der Waals surface area contributed by atoms with Gasteiger partial charge in [0.1, 0.15) is 5.82 Å². The van der Waals surface area contributed by atoms with Gasteiger partial charge in [-0.2, -0.15) is 5.26 Å². The molecule has 4 nitrogen and oxygen atoms in total. The molecule has 0 spiro atoms. The Bertz CT molecular complexity index is 362. The van der Waals surface area contributed by atoms with E-state index >= 15 is 0 Å². The maximum atomic E-state index is 9.02. The van der Waals surface area contributed by atoms with Crippen LogP contribution in [0.5, 0.6) is 0 Å². The van der Waals surface area contributed by atoms with Crippen LogP contribution < -0.4 is 5.32 Å². The Morgan fingerprint density at radius 1 is 1.53 bits per heavy atom. The lowest BCUT2D eigenvalue weighted by Gasteiger charge is -2.13. The van der Waals surface area contributed by atoms with Crippen molar-refractivity contribution in [1.29, 1.82) is 5.26 Å². The number of nitrogens with zero attached hydrogens (tertiary/aromatic N) is 3. The topological polar surface area (TPSA) is 53.6 Å². The van der Waals surface area contributed by atoms with Crippen LogP contribution >= 0.6 is 0 Å². The van der Waals surface area contributed by atoms with Gasteiger partial charge in [-0.15, -0.1) is 0 Å². The van der Waals surface area contributed by atoms with Crippen molar-refractivity contribution in [3.8, 4) is 6.07 Å². The lowest BCUT2D eigenvalue weighted by molar-refractivity contribution is 0.502. The van der Waals surface area contributed by atoms with Crippen LogP contribution in [0.3, 0.4) is 0 Å². The highest BCUT2D eigenvalue weighted by molar-refractivity contribution is 4.98. The average Bonchev–Trinajstić information content (AvgIpc) is 2.78. The van der Waals surface area contributed by atoms with E-state index in [1.54, 1.807) is 0 Å². The first-order valence-electron chi connectivity index (χ1n) is 6.33. The van der Waals surface area contributed by atoms with E-state index in [1.807, 2.05) is 12.4 Å². The van der Waals surface area contributed by atoms with Gasteiger partial charge < -0.3 is 9.88 Å². The lowest BCUT2D eigenvalue weighted by atomic mass is 10.2. The Hall–Kier alpha value is -1.34. The fourth-order valence-electron chi connectivity index (χ4n) is 1.81. The second-order valence-corrected chi connectivity index (χ2v) is 4.56. The minimum absolute atomic E-state index is 0.0580. The molecule has 0 saturated heterocycles. The molecule has 1 heterocycles. The van der Waals surface area contributed by atoms with E-state index in [2.05, 4.69) is 41.7 Å². The molecule has 1 N–H and O–H groups in total. The molecular weight excluding hydrogens is 212 g/mol. The molecule has 0 bridgehead atoms. The zero-order chi connectivity index (χ0) is 12.7. The zero-order valence-corrected chi connectivity index (χ0v) is 11.0. The minimum atomic E-state index is -0.0580. The molecule has 1 atom stereocenters. The quantitative estimate of drug-likeness (QED) is 0.787. The maximum Gasteiger partial charge on any atom is 0.111 e. The SMILES string of the molecule is CCCNC(C#N)CCn1ccnc1C(C)C. The highest BCUT2D eigenvalue weighted by Crippen LogP contribution is 2.12. The summed E-state index contributed by atoms with van der Waals surface area (Å²) < 4.78 is 2.14. The molecule has 1 unspecified atom stereocenters. The van der Waals surface area contributed by atoms with Crippen LogP contribution in [-0.2, 0) is 6.54 Å². The standard InChI is InChI=1S/C13H22N4/c1-4-6-15-12(10-14)5-8-17-9-7-16-13(17)11(2)3/h7,9,11-12,15H,4-6,8H2,1-3H3. The van der Waals surface area contributed by atoms with Crippen molar-refractivity contribution in [1.82, 2.24) is 14.9 Å². The van der Waals surface area contributed by atoms with Gasteiger partial charge in [-0.25, -0.2) is 4.98 Å². The van der Waals surface area contributed by atoms with Gasteiger partial charge in [0, 0.05) is 24.9 Å². The van der Waals surface area contributed by atoms with Gasteiger partial charge in [-0.05, 0) is 19.4 Å². The Morgan fingerprint density at radius 3 is 2.88 bits per heavy atom. The Labute approximate surface area is 104 Å². The normalized spacial score (nSPS) is 12.6. The first-order valence-corrected chi connectivity index (χ1v) is 6.33. The summed E-state index contributed by atoms with van der Waals surface area (Å²) in [6.07, 6.45) is 5.70. The van der Waals surface area contributed by atoms with E-state index in [1.165, 1.54) is 0 Å². The summed E-state index contributed by atoms with van der Waals surface area (Å²) in [5.74, 6) is 1.52. The van der Waals surface area contributed by atoms with E-state index in [-0.39, 0.29) is 6.04 Å². The van der Waals surface area contributed by atoms with Crippen molar-refractivity contribution >= 4 is 0 Å². The molecule has 0 aliphatic rings. The van der Waals surface area contributed by atoms with Crippen molar-refractivity contribution in [3.05, 3.63) is 18.2 Å². The number of hydrogen-bond acceptors (Lipinski definition) is 3. The van der Waals surface area contributed by atoms with Crippen molar-refractivity contribution in [2.45, 2.75) is 52.1 Å². The van der Waals surface area contributed by atoms with Crippen LogP contribution in [-0.4, -0.2) is 22.1 Å². The molecule has 0 fully saturated rings. The molecule has 0 aliphatic heterocycles. The third-order valence-electron chi connectivity index (χ3n) is 2.72. The van der Waals surface area contributed by atoms with E-state index < -0.39 is 0 Å². The van der Waals surface area contributed by atoms with Crippen LogP contribution in [0.2, 0.25) is 0 Å².